The van der Waals surface area contributed by atoms with Gasteiger partial charge >= 0.3 is 5.97 Å². The molecule has 30 heavy (non-hydrogen) atoms. The zero-order valence-electron chi connectivity index (χ0n) is 17.0. The lowest BCUT2D eigenvalue weighted by Crippen LogP contribution is -2.32. The van der Waals surface area contributed by atoms with E-state index in [-0.39, 0.29) is 30.2 Å². The summed E-state index contributed by atoms with van der Waals surface area (Å²) in [6.07, 6.45) is 0.806. The van der Waals surface area contributed by atoms with Gasteiger partial charge in [0.2, 0.25) is 0 Å². The Kier molecular flexibility index (Phi) is 6.01. The quantitative estimate of drug-likeness (QED) is 0.570. The van der Waals surface area contributed by atoms with Crippen LogP contribution < -0.4 is 0 Å². The number of aromatic nitrogens is 2. The molecule has 0 aliphatic carbocycles. The molecule has 0 saturated carbocycles. The number of carbonyl (C=O) groups is 1. The van der Waals surface area contributed by atoms with Crippen molar-refractivity contribution in [2.75, 3.05) is 0 Å². The van der Waals surface area contributed by atoms with Gasteiger partial charge in [0.15, 0.2) is 0 Å². The second kappa shape index (κ2) is 8.70. The van der Waals surface area contributed by atoms with Crippen LogP contribution in [0.3, 0.4) is 0 Å². The molecule has 5 nitrogen and oxygen atoms in total. The fraction of sp³-hybridized carbons (Fsp3) is 0.391. The zero-order chi connectivity index (χ0) is 21.3. The van der Waals surface area contributed by atoms with Gasteiger partial charge in [-0.1, -0.05) is 13.8 Å². The predicted molar refractivity (Wildman–Crippen MR) is 114 cm³/mol. The smallest absolute Gasteiger partial charge is 0.308 e. The van der Waals surface area contributed by atoms with E-state index >= 15 is 0 Å². The molecule has 3 heterocycles. The van der Waals surface area contributed by atoms with E-state index in [2.05, 4.69) is 13.8 Å². The van der Waals surface area contributed by atoms with Crippen LogP contribution in [0.1, 0.15) is 50.3 Å². The van der Waals surface area contributed by atoms with E-state index in [9.17, 15) is 14.3 Å². The highest BCUT2D eigenvalue weighted by Crippen LogP contribution is 2.35. The van der Waals surface area contributed by atoms with Crippen molar-refractivity contribution in [1.29, 1.82) is 0 Å². The summed E-state index contributed by atoms with van der Waals surface area (Å²) in [4.78, 5) is 11.7. The van der Waals surface area contributed by atoms with E-state index in [1.807, 2.05) is 22.2 Å². The molecule has 0 amide bonds. The molecule has 0 radical (unpaired) electrons. The van der Waals surface area contributed by atoms with Crippen molar-refractivity contribution in [2.45, 2.75) is 57.7 Å². The molecule has 1 saturated heterocycles. The van der Waals surface area contributed by atoms with Gasteiger partial charge in [0.25, 0.3) is 0 Å². The summed E-state index contributed by atoms with van der Waals surface area (Å²) in [5, 5.41) is 17.8. The molecular weight excluding hydrogens is 403 g/mol. The van der Waals surface area contributed by atoms with Crippen LogP contribution in [0, 0.1) is 5.82 Å². The Morgan fingerprint density at radius 1 is 1.30 bits per heavy atom. The summed E-state index contributed by atoms with van der Waals surface area (Å²) >= 11 is 1.59. The van der Waals surface area contributed by atoms with Gasteiger partial charge in [-0.2, -0.15) is 5.10 Å². The van der Waals surface area contributed by atoms with Gasteiger partial charge in [0.1, 0.15) is 16.9 Å². The monoisotopic (exact) mass is 428 g/mol. The lowest BCUT2D eigenvalue weighted by molar-refractivity contribution is -0.160. The van der Waals surface area contributed by atoms with Crippen molar-refractivity contribution in [3.63, 3.8) is 0 Å². The van der Waals surface area contributed by atoms with Gasteiger partial charge in [-0.15, -0.1) is 11.3 Å². The fourth-order valence-corrected chi connectivity index (χ4v) is 4.66. The third kappa shape index (κ3) is 4.32. The molecule has 1 aliphatic rings. The summed E-state index contributed by atoms with van der Waals surface area (Å²) in [5.41, 5.74) is 3.87. The molecule has 0 unspecified atom stereocenters. The molecule has 2 aromatic heterocycles. The number of halogens is 1. The molecule has 1 aromatic carbocycles. The Bertz CT molecular complexity index is 1010. The van der Waals surface area contributed by atoms with Gasteiger partial charge in [-0.25, -0.2) is 9.07 Å². The largest absolute Gasteiger partial charge is 0.462 e. The van der Waals surface area contributed by atoms with Crippen molar-refractivity contribution in [3.05, 3.63) is 58.9 Å². The molecule has 0 spiro atoms. The molecule has 1 N–H and O–H groups in total. The Morgan fingerprint density at radius 2 is 2.07 bits per heavy atom. The van der Waals surface area contributed by atoms with Gasteiger partial charge < -0.3 is 9.84 Å². The highest BCUT2D eigenvalue weighted by molar-refractivity contribution is 7.12. The van der Waals surface area contributed by atoms with Crippen LogP contribution in [0.15, 0.2) is 41.8 Å². The topological polar surface area (TPSA) is 64.3 Å². The number of esters is 1. The van der Waals surface area contributed by atoms with Crippen molar-refractivity contribution in [3.8, 4) is 16.3 Å². The number of nitrogens with zero attached hydrogens (tertiary/aromatic N) is 2. The van der Waals surface area contributed by atoms with Crippen LogP contribution in [-0.2, 0) is 16.0 Å². The van der Waals surface area contributed by atoms with E-state index in [0.29, 0.717) is 19.3 Å². The minimum absolute atomic E-state index is 0.0604. The van der Waals surface area contributed by atoms with Crippen LogP contribution >= 0.6 is 11.3 Å². The lowest BCUT2D eigenvalue weighted by Gasteiger charge is -2.26. The van der Waals surface area contributed by atoms with E-state index in [0.717, 1.165) is 27.5 Å². The highest BCUT2D eigenvalue weighted by atomic mass is 32.1. The standard InChI is InChI=1S/C23H25FN2O3S/c1-14(2)22-19(10-9-18-12-17(27)13-21(28)29-18)23(15-5-7-16(24)8-6-15)26(25-22)20-4-3-11-30-20/h3-8,11,14,17-18,27H,9-10,12-13H2,1-2H3/t17-,18-/m0/s1. The average Bonchev–Trinajstić information content (AvgIpc) is 3.34. The van der Waals surface area contributed by atoms with Gasteiger partial charge in [-0.3, -0.25) is 4.79 Å². The molecule has 158 valence electrons. The third-order valence-electron chi connectivity index (χ3n) is 5.35. The number of cyclic esters (lactones) is 1. The van der Waals surface area contributed by atoms with Gasteiger partial charge in [0, 0.05) is 17.5 Å². The normalized spacial score (nSPS) is 19.3. The number of aliphatic hydroxyl groups is 1. The first kappa shape index (κ1) is 20.8. The van der Waals surface area contributed by atoms with Crippen molar-refractivity contribution < 1.29 is 19.0 Å². The second-order valence-corrected chi connectivity index (χ2v) is 8.91. The predicted octanol–water partition coefficient (Wildman–Crippen LogP) is 4.86. The number of hydrogen-bond acceptors (Lipinski definition) is 5. The minimum Gasteiger partial charge on any atom is -0.462 e. The maximum absolute atomic E-state index is 13.6. The van der Waals surface area contributed by atoms with Crippen LogP contribution in [-0.4, -0.2) is 33.1 Å². The van der Waals surface area contributed by atoms with Crippen molar-refractivity contribution >= 4 is 17.3 Å². The van der Waals surface area contributed by atoms with Crippen LogP contribution in [0.2, 0.25) is 0 Å². The van der Waals surface area contributed by atoms with E-state index in [1.165, 1.54) is 12.1 Å². The first-order valence-electron chi connectivity index (χ1n) is 10.2. The average molecular weight is 429 g/mol. The summed E-state index contributed by atoms with van der Waals surface area (Å²) < 4.78 is 21.0. The van der Waals surface area contributed by atoms with Gasteiger partial charge in [-0.05, 0) is 60.5 Å². The van der Waals surface area contributed by atoms with Crippen LogP contribution in [0.5, 0.6) is 0 Å². The lowest BCUT2D eigenvalue weighted by atomic mass is 9.93. The maximum atomic E-state index is 13.6. The van der Waals surface area contributed by atoms with E-state index in [4.69, 9.17) is 9.84 Å². The zero-order valence-corrected chi connectivity index (χ0v) is 17.9. The van der Waals surface area contributed by atoms with Crippen LogP contribution in [0.25, 0.3) is 16.3 Å². The van der Waals surface area contributed by atoms with E-state index < -0.39 is 6.10 Å². The minimum atomic E-state index is -0.647. The first-order valence-corrected chi connectivity index (χ1v) is 11.1. The number of benzene rings is 1. The van der Waals surface area contributed by atoms with Gasteiger partial charge in [0.05, 0.1) is 23.9 Å². The summed E-state index contributed by atoms with van der Waals surface area (Å²) in [6.45, 7) is 4.20. The number of thiophene rings is 1. The Morgan fingerprint density at radius 3 is 2.70 bits per heavy atom. The number of aliphatic hydroxyl groups excluding tert-OH is 1. The number of carbonyl (C=O) groups excluding carboxylic acids is 1. The second-order valence-electron chi connectivity index (χ2n) is 7.98. The van der Waals surface area contributed by atoms with E-state index in [1.54, 1.807) is 23.5 Å². The fourth-order valence-electron chi connectivity index (χ4n) is 3.98. The number of rotatable bonds is 6. The molecule has 7 heteroatoms. The summed E-state index contributed by atoms with van der Waals surface area (Å²) in [6, 6.07) is 10.5. The molecular formula is C23H25FN2O3S. The third-order valence-corrected chi connectivity index (χ3v) is 6.19. The maximum Gasteiger partial charge on any atom is 0.308 e. The van der Waals surface area contributed by atoms with Crippen molar-refractivity contribution in [1.82, 2.24) is 9.78 Å². The number of ether oxygens (including phenoxy) is 1. The number of hydrogen-bond donors (Lipinski definition) is 1. The Balaban J connectivity index is 1.75. The molecule has 1 fully saturated rings. The Labute approximate surface area is 179 Å². The molecule has 2 atom stereocenters. The summed E-state index contributed by atoms with van der Waals surface area (Å²) in [7, 11) is 0. The Hall–Kier alpha value is -2.51. The molecule has 3 aromatic rings. The SMILES string of the molecule is CC(C)c1nn(-c2cccs2)c(-c2ccc(F)cc2)c1CC[C@H]1C[C@H](O)CC(=O)O1. The molecule has 1 aliphatic heterocycles. The molecule has 4 rings (SSSR count). The first-order chi connectivity index (χ1) is 14.4. The summed E-state index contributed by atoms with van der Waals surface area (Å²) in [5.74, 6) is -0.439. The molecule has 0 bridgehead atoms. The van der Waals surface area contributed by atoms with Crippen molar-refractivity contribution in [2.24, 2.45) is 0 Å². The highest BCUT2D eigenvalue weighted by Gasteiger charge is 2.29. The van der Waals surface area contributed by atoms with Crippen LogP contribution in [0.4, 0.5) is 4.39 Å².